The zero-order chi connectivity index (χ0) is 21.1. The molecule has 3 aromatic rings. The fraction of sp³-hybridized carbons (Fsp3) is 0.273. The Hall–Kier alpha value is -2.71. The molecule has 1 unspecified atom stereocenters. The summed E-state index contributed by atoms with van der Waals surface area (Å²) >= 11 is 1.56. The SMILES string of the molecule is O=C(COc1ccc(C(F)(F)F)cc1)CN1Cc2ccccc2CC1c1cncs1. The molecule has 0 amide bonds. The predicted octanol–water partition coefficient (Wildman–Crippen LogP) is 4.91. The summed E-state index contributed by atoms with van der Waals surface area (Å²) in [5.41, 5.74) is 3.49. The number of ether oxygens (including phenoxy) is 1. The third-order valence-electron chi connectivity index (χ3n) is 5.09. The molecule has 1 aromatic heterocycles. The Bertz CT molecular complexity index is 1000. The highest BCUT2D eigenvalue weighted by molar-refractivity contribution is 7.09. The number of nitrogens with zero attached hydrogens (tertiary/aromatic N) is 2. The summed E-state index contributed by atoms with van der Waals surface area (Å²) in [5.74, 6) is 0.100. The molecule has 8 heteroatoms. The lowest BCUT2D eigenvalue weighted by Gasteiger charge is -2.35. The lowest BCUT2D eigenvalue weighted by atomic mass is 9.93. The Morgan fingerprint density at radius 1 is 1.13 bits per heavy atom. The first-order valence-electron chi connectivity index (χ1n) is 9.41. The third-order valence-corrected chi connectivity index (χ3v) is 5.96. The molecule has 1 atom stereocenters. The summed E-state index contributed by atoms with van der Waals surface area (Å²) in [5, 5.41) is 0. The van der Waals surface area contributed by atoms with Crippen LogP contribution >= 0.6 is 11.3 Å². The van der Waals surface area contributed by atoms with Crippen LogP contribution in [0.2, 0.25) is 0 Å². The maximum absolute atomic E-state index is 12.6. The van der Waals surface area contributed by atoms with Crippen LogP contribution in [0.1, 0.15) is 27.6 Å². The van der Waals surface area contributed by atoms with Gasteiger partial charge in [-0.2, -0.15) is 13.2 Å². The van der Waals surface area contributed by atoms with Crippen molar-refractivity contribution < 1.29 is 22.7 Å². The van der Waals surface area contributed by atoms with Crippen LogP contribution in [0.3, 0.4) is 0 Å². The van der Waals surface area contributed by atoms with E-state index in [2.05, 4.69) is 22.0 Å². The van der Waals surface area contributed by atoms with Gasteiger partial charge in [-0.05, 0) is 41.8 Å². The number of halogens is 3. The van der Waals surface area contributed by atoms with Gasteiger partial charge in [0.15, 0.2) is 5.78 Å². The van der Waals surface area contributed by atoms with Gasteiger partial charge < -0.3 is 4.74 Å². The van der Waals surface area contributed by atoms with Crippen molar-refractivity contribution in [1.82, 2.24) is 9.88 Å². The van der Waals surface area contributed by atoms with E-state index < -0.39 is 11.7 Å². The summed E-state index contributed by atoms with van der Waals surface area (Å²) in [6, 6.07) is 12.6. The number of Topliss-reactive ketones (excluding diaryl/α,β-unsaturated/α-hetero) is 1. The molecule has 1 aliphatic rings. The van der Waals surface area contributed by atoms with Crippen LogP contribution in [0.15, 0.2) is 60.2 Å². The zero-order valence-electron chi connectivity index (χ0n) is 15.9. The molecule has 2 aromatic carbocycles. The molecule has 156 valence electrons. The number of benzene rings is 2. The van der Waals surface area contributed by atoms with E-state index >= 15 is 0 Å². The van der Waals surface area contributed by atoms with Crippen molar-refractivity contribution in [2.24, 2.45) is 0 Å². The number of alkyl halides is 3. The molecule has 0 N–H and O–H groups in total. The van der Waals surface area contributed by atoms with Gasteiger partial charge in [0.2, 0.25) is 0 Å². The second-order valence-electron chi connectivity index (χ2n) is 7.15. The van der Waals surface area contributed by atoms with Gasteiger partial charge >= 0.3 is 6.18 Å². The fourth-order valence-corrected chi connectivity index (χ4v) is 4.34. The van der Waals surface area contributed by atoms with E-state index in [9.17, 15) is 18.0 Å². The van der Waals surface area contributed by atoms with Gasteiger partial charge in [-0.15, -0.1) is 11.3 Å². The largest absolute Gasteiger partial charge is 0.486 e. The van der Waals surface area contributed by atoms with Gasteiger partial charge in [0.1, 0.15) is 12.4 Å². The summed E-state index contributed by atoms with van der Waals surface area (Å²) in [6.07, 6.45) is -1.77. The number of thiazole rings is 1. The molecule has 0 spiro atoms. The Balaban J connectivity index is 1.41. The van der Waals surface area contributed by atoms with Gasteiger partial charge in [-0.1, -0.05) is 24.3 Å². The van der Waals surface area contributed by atoms with Crippen molar-refractivity contribution in [3.8, 4) is 5.75 Å². The molecule has 0 radical (unpaired) electrons. The van der Waals surface area contributed by atoms with E-state index in [1.165, 1.54) is 23.3 Å². The Morgan fingerprint density at radius 3 is 2.53 bits per heavy atom. The van der Waals surface area contributed by atoms with Crippen LogP contribution < -0.4 is 4.74 Å². The molecule has 30 heavy (non-hydrogen) atoms. The number of carbonyl (C=O) groups is 1. The van der Waals surface area contributed by atoms with Crippen molar-refractivity contribution in [2.75, 3.05) is 13.2 Å². The summed E-state index contributed by atoms with van der Waals surface area (Å²) in [4.78, 5) is 20.0. The van der Waals surface area contributed by atoms with E-state index in [0.29, 0.717) is 6.54 Å². The van der Waals surface area contributed by atoms with E-state index in [1.54, 1.807) is 16.8 Å². The first kappa shape index (κ1) is 20.6. The minimum Gasteiger partial charge on any atom is -0.486 e. The molecule has 4 rings (SSSR count). The fourth-order valence-electron chi connectivity index (χ4n) is 3.59. The first-order valence-corrected chi connectivity index (χ1v) is 10.3. The van der Waals surface area contributed by atoms with Gasteiger partial charge in [0.05, 0.1) is 23.7 Å². The number of aromatic nitrogens is 1. The second-order valence-corrected chi connectivity index (χ2v) is 8.06. The van der Waals surface area contributed by atoms with E-state index in [1.807, 2.05) is 18.3 Å². The van der Waals surface area contributed by atoms with Crippen LogP contribution in [0, 0.1) is 0 Å². The lowest BCUT2D eigenvalue weighted by Crippen LogP contribution is -2.38. The van der Waals surface area contributed by atoms with Crippen molar-refractivity contribution >= 4 is 17.1 Å². The summed E-state index contributed by atoms with van der Waals surface area (Å²) in [7, 11) is 0. The monoisotopic (exact) mass is 432 g/mol. The van der Waals surface area contributed by atoms with Gasteiger partial charge in [0, 0.05) is 17.6 Å². The average Bonchev–Trinajstić information content (AvgIpc) is 3.26. The lowest BCUT2D eigenvalue weighted by molar-refractivity contribution is -0.137. The number of fused-ring (bicyclic) bond motifs is 1. The van der Waals surface area contributed by atoms with E-state index in [-0.39, 0.29) is 30.7 Å². The number of hydrogen-bond acceptors (Lipinski definition) is 5. The molecule has 0 fully saturated rings. The van der Waals surface area contributed by atoms with Crippen molar-refractivity contribution in [3.05, 3.63) is 81.8 Å². The highest BCUT2D eigenvalue weighted by Gasteiger charge is 2.31. The molecule has 1 aliphatic heterocycles. The van der Waals surface area contributed by atoms with Crippen LogP contribution in [0.25, 0.3) is 0 Å². The molecule has 2 heterocycles. The Labute approximate surface area is 175 Å². The maximum atomic E-state index is 12.6. The van der Waals surface area contributed by atoms with E-state index in [4.69, 9.17) is 4.74 Å². The maximum Gasteiger partial charge on any atom is 0.416 e. The van der Waals surface area contributed by atoms with Crippen LogP contribution in [-0.2, 0) is 23.9 Å². The molecular weight excluding hydrogens is 413 g/mol. The molecule has 0 aliphatic carbocycles. The summed E-state index contributed by atoms with van der Waals surface area (Å²) in [6.45, 7) is 0.640. The van der Waals surface area contributed by atoms with Crippen LogP contribution in [0.5, 0.6) is 5.75 Å². The van der Waals surface area contributed by atoms with Gasteiger partial charge in [-0.3, -0.25) is 14.7 Å². The molecular formula is C22H19F3N2O2S. The normalized spacial score (nSPS) is 16.8. The number of ketones is 1. The number of hydrogen-bond donors (Lipinski definition) is 0. The average molecular weight is 432 g/mol. The first-order chi connectivity index (χ1) is 14.4. The van der Waals surface area contributed by atoms with Crippen LogP contribution in [0.4, 0.5) is 13.2 Å². The minimum absolute atomic E-state index is 0.0578. The predicted molar refractivity (Wildman–Crippen MR) is 107 cm³/mol. The Morgan fingerprint density at radius 2 is 1.87 bits per heavy atom. The highest BCUT2D eigenvalue weighted by atomic mass is 32.1. The third kappa shape index (κ3) is 4.71. The molecule has 0 bridgehead atoms. The smallest absolute Gasteiger partial charge is 0.416 e. The number of carbonyl (C=O) groups excluding carboxylic acids is 1. The molecule has 4 nitrogen and oxygen atoms in total. The van der Waals surface area contributed by atoms with Crippen molar-refractivity contribution in [2.45, 2.75) is 25.2 Å². The highest BCUT2D eigenvalue weighted by Crippen LogP contribution is 2.34. The van der Waals surface area contributed by atoms with E-state index in [0.717, 1.165) is 23.4 Å². The van der Waals surface area contributed by atoms with Crippen LogP contribution in [-0.4, -0.2) is 28.8 Å². The number of rotatable bonds is 6. The standard InChI is InChI=1S/C22H19F3N2O2S/c23-22(24,25)17-5-7-19(8-6-17)29-13-18(28)12-27-11-16-4-2-1-3-15(16)9-20(27)21-10-26-14-30-21/h1-8,10,14,20H,9,11-13H2. The quantitative estimate of drug-likeness (QED) is 0.555. The molecule has 0 saturated carbocycles. The minimum atomic E-state index is -4.40. The second kappa shape index (κ2) is 8.57. The Kier molecular flexibility index (Phi) is 5.87. The van der Waals surface area contributed by atoms with Crippen molar-refractivity contribution in [1.29, 1.82) is 0 Å². The van der Waals surface area contributed by atoms with Gasteiger partial charge in [-0.25, -0.2) is 0 Å². The van der Waals surface area contributed by atoms with Gasteiger partial charge in [0.25, 0.3) is 0 Å². The topological polar surface area (TPSA) is 42.4 Å². The molecule has 0 saturated heterocycles. The van der Waals surface area contributed by atoms with Crippen molar-refractivity contribution in [3.63, 3.8) is 0 Å². The summed E-state index contributed by atoms with van der Waals surface area (Å²) < 4.78 is 43.4. The zero-order valence-corrected chi connectivity index (χ0v) is 16.7.